The average molecular weight is 216 g/mol. The van der Waals surface area contributed by atoms with Crippen LogP contribution in [0.15, 0.2) is 24.3 Å². The number of thioether (sulfide) groups is 1. The summed E-state index contributed by atoms with van der Waals surface area (Å²) in [6, 6.07) is 6.34. The van der Waals surface area contributed by atoms with E-state index >= 15 is 0 Å². The van der Waals surface area contributed by atoms with Crippen LogP contribution in [0.5, 0.6) is 5.75 Å². The van der Waals surface area contributed by atoms with E-state index in [1.807, 2.05) is 0 Å². The number of para-hydroxylation sites is 1. The summed E-state index contributed by atoms with van der Waals surface area (Å²) in [5, 5.41) is 8.51. The average Bonchev–Trinajstić information content (AvgIpc) is 2.20. The van der Waals surface area contributed by atoms with E-state index in [9.17, 15) is 4.39 Å². The van der Waals surface area contributed by atoms with Crippen molar-refractivity contribution in [2.45, 2.75) is 0 Å². The number of ether oxygens (including phenoxy) is 1. The molecule has 1 aromatic carbocycles. The highest BCUT2D eigenvalue weighted by Crippen LogP contribution is 2.15. The number of halogens is 1. The van der Waals surface area contributed by atoms with E-state index in [0.717, 1.165) is 5.75 Å². The van der Waals surface area contributed by atoms with Crippen LogP contribution < -0.4 is 4.74 Å². The van der Waals surface area contributed by atoms with Crippen LogP contribution in [0.1, 0.15) is 0 Å². The SMILES string of the molecule is OCCSCCOc1ccccc1F. The lowest BCUT2D eigenvalue weighted by molar-refractivity contribution is 0.319. The topological polar surface area (TPSA) is 29.5 Å². The number of hydrogen-bond donors (Lipinski definition) is 1. The second-order valence-electron chi connectivity index (χ2n) is 2.61. The molecule has 0 spiro atoms. The molecule has 0 aliphatic carbocycles. The van der Waals surface area contributed by atoms with Gasteiger partial charge in [0.05, 0.1) is 13.2 Å². The number of aliphatic hydroxyl groups excluding tert-OH is 1. The van der Waals surface area contributed by atoms with Crippen LogP contribution in [0.2, 0.25) is 0 Å². The second-order valence-corrected chi connectivity index (χ2v) is 3.84. The van der Waals surface area contributed by atoms with E-state index in [-0.39, 0.29) is 18.2 Å². The highest BCUT2D eigenvalue weighted by molar-refractivity contribution is 7.99. The highest BCUT2D eigenvalue weighted by atomic mass is 32.2. The maximum Gasteiger partial charge on any atom is 0.165 e. The Hall–Kier alpha value is -0.740. The zero-order chi connectivity index (χ0) is 10.2. The third-order valence-corrected chi connectivity index (χ3v) is 2.48. The third kappa shape index (κ3) is 3.98. The molecule has 2 nitrogen and oxygen atoms in total. The van der Waals surface area contributed by atoms with Crippen LogP contribution in [-0.2, 0) is 0 Å². The minimum atomic E-state index is -0.334. The molecule has 0 unspecified atom stereocenters. The van der Waals surface area contributed by atoms with Gasteiger partial charge in [-0.05, 0) is 12.1 Å². The Morgan fingerprint density at radius 3 is 2.79 bits per heavy atom. The van der Waals surface area contributed by atoms with Gasteiger partial charge in [0.2, 0.25) is 0 Å². The van der Waals surface area contributed by atoms with Gasteiger partial charge in [0, 0.05) is 11.5 Å². The number of aliphatic hydroxyl groups is 1. The Kier molecular flexibility index (Phi) is 5.40. The molecule has 0 aromatic heterocycles. The quantitative estimate of drug-likeness (QED) is 0.737. The molecule has 0 atom stereocenters. The van der Waals surface area contributed by atoms with Crippen LogP contribution in [0.3, 0.4) is 0 Å². The van der Waals surface area contributed by atoms with Gasteiger partial charge in [-0.15, -0.1) is 0 Å². The maximum atomic E-state index is 13.0. The van der Waals surface area contributed by atoms with Crippen molar-refractivity contribution >= 4 is 11.8 Å². The Labute approximate surface area is 87.1 Å². The standard InChI is InChI=1S/C10H13FO2S/c11-9-3-1-2-4-10(9)13-6-8-14-7-5-12/h1-4,12H,5-8H2. The molecule has 1 N–H and O–H groups in total. The number of benzene rings is 1. The van der Waals surface area contributed by atoms with Crippen LogP contribution >= 0.6 is 11.8 Å². The molecule has 0 radical (unpaired) electrons. The predicted molar refractivity (Wildman–Crippen MR) is 56.3 cm³/mol. The molecule has 0 aliphatic rings. The molecule has 0 amide bonds. The molecular weight excluding hydrogens is 203 g/mol. The maximum absolute atomic E-state index is 13.0. The lowest BCUT2D eigenvalue weighted by atomic mass is 10.3. The summed E-state index contributed by atoms with van der Waals surface area (Å²) in [6.07, 6.45) is 0. The first-order valence-corrected chi connectivity index (χ1v) is 5.56. The monoisotopic (exact) mass is 216 g/mol. The third-order valence-electron chi connectivity index (χ3n) is 1.56. The lowest BCUT2D eigenvalue weighted by Crippen LogP contribution is -2.02. The van der Waals surface area contributed by atoms with Gasteiger partial charge < -0.3 is 9.84 Å². The first-order chi connectivity index (χ1) is 6.84. The van der Waals surface area contributed by atoms with Crippen molar-refractivity contribution in [3.8, 4) is 5.75 Å². The summed E-state index contributed by atoms with van der Waals surface area (Å²) < 4.78 is 18.2. The van der Waals surface area contributed by atoms with Crippen molar-refractivity contribution < 1.29 is 14.2 Å². The molecule has 0 aliphatic heterocycles. The number of hydrogen-bond acceptors (Lipinski definition) is 3. The van der Waals surface area contributed by atoms with E-state index in [0.29, 0.717) is 12.4 Å². The van der Waals surface area contributed by atoms with E-state index in [4.69, 9.17) is 9.84 Å². The van der Waals surface area contributed by atoms with Crippen molar-refractivity contribution in [2.75, 3.05) is 24.7 Å². The minimum Gasteiger partial charge on any atom is -0.490 e. The second kappa shape index (κ2) is 6.68. The van der Waals surface area contributed by atoms with Crippen molar-refractivity contribution in [2.24, 2.45) is 0 Å². The lowest BCUT2D eigenvalue weighted by Gasteiger charge is -2.05. The van der Waals surface area contributed by atoms with Gasteiger partial charge in [-0.25, -0.2) is 4.39 Å². The Balaban J connectivity index is 2.21. The van der Waals surface area contributed by atoms with Gasteiger partial charge in [0.25, 0.3) is 0 Å². The first kappa shape index (κ1) is 11.3. The predicted octanol–water partition coefficient (Wildman–Crippen LogP) is 1.93. The Morgan fingerprint density at radius 2 is 2.07 bits per heavy atom. The van der Waals surface area contributed by atoms with Crippen LogP contribution in [0.25, 0.3) is 0 Å². The normalized spacial score (nSPS) is 10.1. The molecule has 0 fully saturated rings. The van der Waals surface area contributed by atoms with Crippen molar-refractivity contribution in [3.63, 3.8) is 0 Å². The summed E-state index contributed by atoms with van der Waals surface area (Å²) in [7, 11) is 0. The van der Waals surface area contributed by atoms with Gasteiger partial charge >= 0.3 is 0 Å². The van der Waals surface area contributed by atoms with Gasteiger partial charge in [-0.3, -0.25) is 0 Å². The Bertz CT molecular complexity index is 268. The largest absolute Gasteiger partial charge is 0.490 e. The molecular formula is C10H13FO2S. The van der Waals surface area contributed by atoms with Crippen molar-refractivity contribution in [1.82, 2.24) is 0 Å². The van der Waals surface area contributed by atoms with E-state index in [2.05, 4.69) is 0 Å². The van der Waals surface area contributed by atoms with Gasteiger partial charge in [0.1, 0.15) is 0 Å². The van der Waals surface area contributed by atoms with Crippen molar-refractivity contribution in [1.29, 1.82) is 0 Å². The fraction of sp³-hybridized carbons (Fsp3) is 0.400. The highest BCUT2D eigenvalue weighted by Gasteiger charge is 1.99. The summed E-state index contributed by atoms with van der Waals surface area (Å²) in [6.45, 7) is 0.635. The molecule has 1 aromatic rings. The van der Waals surface area contributed by atoms with E-state index in [1.165, 1.54) is 6.07 Å². The molecule has 1 rings (SSSR count). The Morgan fingerprint density at radius 1 is 1.29 bits per heavy atom. The van der Waals surface area contributed by atoms with Gasteiger partial charge in [-0.2, -0.15) is 11.8 Å². The molecule has 14 heavy (non-hydrogen) atoms. The molecule has 0 saturated heterocycles. The molecule has 0 bridgehead atoms. The minimum absolute atomic E-state index is 0.171. The van der Waals surface area contributed by atoms with Crippen molar-refractivity contribution in [3.05, 3.63) is 30.1 Å². The summed E-state index contributed by atoms with van der Waals surface area (Å²) in [5.74, 6) is 1.41. The van der Waals surface area contributed by atoms with Crippen LogP contribution in [0.4, 0.5) is 4.39 Å². The van der Waals surface area contributed by atoms with E-state index < -0.39 is 0 Å². The fourth-order valence-corrected chi connectivity index (χ4v) is 1.47. The summed E-state index contributed by atoms with van der Waals surface area (Å²) in [5.41, 5.74) is 0. The fourth-order valence-electron chi connectivity index (χ4n) is 0.939. The van der Waals surface area contributed by atoms with E-state index in [1.54, 1.807) is 30.0 Å². The summed E-state index contributed by atoms with van der Waals surface area (Å²) in [4.78, 5) is 0. The first-order valence-electron chi connectivity index (χ1n) is 4.40. The van der Waals surface area contributed by atoms with Crippen LogP contribution in [0, 0.1) is 5.82 Å². The van der Waals surface area contributed by atoms with Gasteiger partial charge in [-0.1, -0.05) is 12.1 Å². The number of rotatable bonds is 6. The molecule has 4 heteroatoms. The molecule has 0 heterocycles. The van der Waals surface area contributed by atoms with Crippen LogP contribution in [-0.4, -0.2) is 29.8 Å². The zero-order valence-corrected chi connectivity index (χ0v) is 8.60. The zero-order valence-electron chi connectivity index (χ0n) is 7.78. The summed E-state index contributed by atoms with van der Waals surface area (Å²) >= 11 is 1.58. The smallest absolute Gasteiger partial charge is 0.165 e. The van der Waals surface area contributed by atoms with Gasteiger partial charge in [0.15, 0.2) is 11.6 Å². The molecule has 78 valence electrons. The molecule has 0 saturated carbocycles.